The van der Waals surface area contributed by atoms with Gasteiger partial charge in [-0.25, -0.2) is 22.5 Å². The van der Waals surface area contributed by atoms with Crippen molar-refractivity contribution in [1.82, 2.24) is 20.1 Å². The van der Waals surface area contributed by atoms with E-state index in [0.29, 0.717) is 34.5 Å². The van der Waals surface area contributed by atoms with Crippen molar-refractivity contribution in [2.24, 2.45) is 0 Å². The molecular weight excluding hydrogens is 455 g/mol. The second-order valence-electron chi connectivity index (χ2n) is 7.49. The summed E-state index contributed by atoms with van der Waals surface area (Å²) in [6, 6.07) is 8.39. The van der Waals surface area contributed by atoms with Crippen LogP contribution in [0.3, 0.4) is 0 Å². The molecule has 0 aliphatic carbocycles. The van der Waals surface area contributed by atoms with E-state index in [1.807, 2.05) is 0 Å². The van der Waals surface area contributed by atoms with Crippen LogP contribution >= 0.6 is 0 Å². The second kappa shape index (κ2) is 10.4. The highest BCUT2D eigenvalue weighted by atomic mass is 32.2. The van der Waals surface area contributed by atoms with E-state index < -0.39 is 15.9 Å². The Balaban J connectivity index is 1.94. The number of benzene rings is 1. The van der Waals surface area contributed by atoms with E-state index in [2.05, 4.69) is 28.6 Å². The summed E-state index contributed by atoms with van der Waals surface area (Å²) in [5.74, 6) is -0.748. The number of allylic oxidation sites excluding steroid dienone is 1. The van der Waals surface area contributed by atoms with Crippen molar-refractivity contribution in [3.05, 3.63) is 96.7 Å². The highest BCUT2D eigenvalue weighted by molar-refractivity contribution is 7.90. The molecule has 2 aromatic heterocycles. The van der Waals surface area contributed by atoms with Crippen molar-refractivity contribution in [1.29, 1.82) is 0 Å². The summed E-state index contributed by atoms with van der Waals surface area (Å²) < 4.78 is 38.7. The SMILES string of the molecule is C=CC[C@@H](NC(=O)/C(=C/C)c1cnn(-c2ccc(F)cc2)c1C=C)c1ccnc(S(C)(=O)=O)c1. The highest BCUT2D eigenvalue weighted by Gasteiger charge is 2.22. The van der Waals surface area contributed by atoms with E-state index in [1.165, 1.54) is 24.4 Å². The lowest BCUT2D eigenvalue weighted by molar-refractivity contribution is -0.116. The van der Waals surface area contributed by atoms with Crippen LogP contribution in [0.15, 0.2) is 79.1 Å². The lowest BCUT2D eigenvalue weighted by atomic mass is 10.0. The predicted molar refractivity (Wildman–Crippen MR) is 130 cm³/mol. The van der Waals surface area contributed by atoms with E-state index in [1.54, 1.807) is 54.2 Å². The quantitative estimate of drug-likeness (QED) is 0.364. The van der Waals surface area contributed by atoms with Crippen LogP contribution in [0, 0.1) is 5.82 Å². The van der Waals surface area contributed by atoms with E-state index in [4.69, 9.17) is 0 Å². The Hall–Kier alpha value is -3.85. The van der Waals surface area contributed by atoms with E-state index in [0.717, 1.165) is 6.26 Å². The third-order valence-electron chi connectivity index (χ3n) is 5.14. The molecule has 0 aliphatic heterocycles. The maximum Gasteiger partial charge on any atom is 0.252 e. The van der Waals surface area contributed by atoms with Gasteiger partial charge in [0.1, 0.15) is 5.82 Å². The minimum absolute atomic E-state index is 0.0749. The van der Waals surface area contributed by atoms with Crippen LogP contribution in [-0.4, -0.2) is 35.3 Å². The Kier molecular flexibility index (Phi) is 7.57. The first-order valence-corrected chi connectivity index (χ1v) is 12.3. The number of carbonyl (C=O) groups excluding carboxylic acids is 1. The van der Waals surface area contributed by atoms with Crippen molar-refractivity contribution >= 4 is 27.4 Å². The van der Waals surface area contributed by atoms with Gasteiger partial charge in [0.2, 0.25) is 0 Å². The molecule has 3 rings (SSSR count). The maximum absolute atomic E-state index is 13.3. The fraction of sp³-hybridized carbons (Fsp3) is 0.160. The molecule has 0 bridgehead atoms. The van der Waals surface area contributed by atoms with Crippen molar-refractivity contribution in [3.63, 3.8) is 0 Å². The number of aromatic nitrogens is 3. The molecule has 1 N–H and O–H groups in total. The predicted octanol–water partition coefficient (Wildman–Crippen LogP) is 4.29. The number of sulfone groups is 1. The Morgan fingerprint density at radius 1 is 1.24 bits per heavy atom. The van der Waals surface area contributed by atoms with Gasteiger partial charge in [0.15, 0.2) is 14.9 Å². The number of amides is 1. The molecule has 0 saturated carbocycles. The van der Waals surface area contributed by atoms with Crippen LogP contribution in [0.25, 0.3) is 17.3 Å². The first-order chi connectivity index (χ1) is 16.2. The number of hydrogen-bond donors (Lipinski definition) is 1. The Morgan fingerprint density at radius 2 is 1.94 bits per heavy atom. The molecule has 0 aliphatic rings. The molecule has 2 heterocycles. The van der Waals surface area contributed by atoms with Gasteiger partial charge in [-0.2, -0.15) is 5.10 Å². The van der Waals surface area contributed by atoms with Crippen LogP contribution in [-0.2, 0) is 14.6 Å². The maximum atomic E-state index is 13.3. The molecule has 0 radical (unpaired) electrons. The summed E-state index contributed by atoms with van der Waals surface area (Å²) in [5, 5.41) is 7.23. The summed E-state index contributed by atoms with van der Waals surface area (Å²) in [7, 11) is -3.51. The summed E-state index contributed by atoms with van der Waals surface area (Å²) in [6.07, 6.45) is 9.27. The molecule has 176 valence electrons. The summed E-state index contributed by atoms with van der Waals surface area (Å²) in [5.41, 5.74) is 2.68. The fourth-order valence-corrected chi connectivity index (χ4v) is 4.09. The van der Waals surface area contributed by atoms with Gasteiger partial charge in [0, 0.05) is 23.6 Å². The average Bonchev–Trinajstić information content (AvgIpc) is 3.23. The van der Waals surface area contributed by atoms with Gasteiger partial charge in [-0.3, -0.25) is 4.79 Å². The zero-order chi connectivity index (χ0) is 24.9. The van der Waals surface area contributed by atoms with E-state index in [-0.39, 0.29) is 16.8 Å². The van der Waals surface area contributed by atoms with Crippen LogP contribution in [0.4, 0.5) is 4.39 Å². The van der Waals surface area contributed by atoms with E-state index >= 15 is 0 Å². The van der Waals surface area contributed by atoms with Gasteiger partial charge >= 0.3 is 0 Å². The molecule has 1 atom stereocenters. The zero-order valence-corrected chi connectivity index (χ0v) is 19.7. The molecule has 7 nitrogen and oxygen atoms in total. The average molecular weight is 481 g/mol. The van der Waals surface area contributed by atoms with Gasteiger partial charge in [-0.15, -0.1) is 6.58 Å². The van der Waals surface area contributed by atoms with Crippen LogP contribution in [0.5, 0.6) is 0 Å². The van der Waals surface area contributed by atoms with Crippen LogP contribution < -0.4 is 5.32 Å². The Bertz CT molecular complexity index is 1360. The van der Waals surface area contributed by atoms with Gasteiger partial charge < -0.3 is 5.32 Å². The topological polar surface area (TPSA) is 93.9 Å². The van der Waals surface area contributed by atoms with Crippen LogP contribution in [0.1, 0.15) is 36.2 Å². The third-order valence-corrected chi connectivity index (χ3v) is 6.13. The second-order valence-corrected chi connectivity index (χ2v) is 9.45. The zero-order valence-electron chi connectivity index (χ0n) is 18.9. The fourth-order valence-electron chi connectivity index (χ4n) is 3.48. The number of halogens is 1. The first-order valence-electron chi connectivity index (χ1n) is 10.4. The summed E-state index contributed by atoms with van der Waals surface area (Å²) >= 11 is 0. The number of carbonyl (C=O) groups is 1. The molecular formula is C25H25FN4O3S. The standard InChI is InChI=1S/C25H25FN4O3S/c1-5-8-22(17-13-14-27-24(15-17)34(4,32)33)29-25(31)20(6-2)21-16-28-30(23(21)7-3)19-11-9-18(26)10-12-19/h5-7,9-16,22H,1,3,8H2,2,4H3,(H,29,31)/b20-6+/t22-/m1/s1. The van der Waals surface area contributed by atoms with Gasteiger partial charge in [0.05, 0.1) is 23.6 Å². The molecule has 1 amide bonds. The Morgan fingerprint density at radius 3 is 2.53 bits per heavy atom. The van der Waals surface area contributed by atoms with Crippen molar-refractivity contribution in [3.8, 4) is 5.69 Å². The lowest BCUT2D eigenvalue weighted by Crippen LogP contribution is -2.29. The summed E-state index contributed by atoms with van der Waals surface area (Å²) in [4.78, 5) is 17.2. The largest absolute Gasteiger partial charge is 0.345 e. The Labute approximate surface area is 198 Å². The van der Waals surface area contributed by atoms with Crippen LogP contribution in [0.2, 0.25) is 0 Å². The van der Waals surface area contributed by atoms with Crippen molar-refractivity contribution in [2.75, 3.05) is 6.26 Å². The third kappa shape index (κ3) is 5.37. The minimum atomic E-state index is -3.51. The van der Waals surface area contributed by atoms with Gasteiger partial charge in [0.25, 0.3) is 5.91 Å². The summed E-state index contributed by atoms with van der Waals surface area (Å²) in [6.45, 7) is 9.32. The molecule has 0 fully saturated rings. The number of rotatable bonds is 9. The van der Waals surface area contributed by atoms with Gasteiger partial charge in [-0.05, 0) is 61.4 Å². The van der Waals surface area contributed by atoms with Gasteiger partial charge in [-0.1, -0.05) is 18.7 Å². The molecule has 34 heavy (non-hydrogen) atoms. The van der Waals surface area contributed by atoms with Crippen molar-refractivity contribution < 1.29 is 17.6 Å². The molecule has 3 aromatic rings. The molecule has 1 aromatic carbocycles. The minimum Gasteiger partial charge on any atom is -0.345 e. The molecule has 0 spiro atoms. The number of nitrogens with one attached hydrogen (secondary N) is 1. The van der Waals surface area contributed by atoms with E-state index in [9.17, 15) is 17.6 Å². The molecule has 0 saturated heterocycles. The molecule has 9 heteroatoms. The number of pyridine rings is 1. The lowest BCUT2D eigenvalue weighted by Gasteiger charge is -2.19. The number of nitrogens with zero attached hydrogens (tertiary/aromatic N) is 3. The molecule has 0 unspecified atom stereocenters. The smallest absolute Gasteiger partial charge is 0.252 e. The first kappa shape index (κ1) is 24.8. The monoisotopic (exact) mass is 480 g/mol. The normalized spacial score (nSPS) is 12.7. The van der Waals surface area contributed by atoms with Crippen molar-refractivity contribution in [2.45, 2.75) is 24.4 Å². The number of hydrogen-bond acceptors (Lipinski definition) is 5. The highest BCUT2D eigenvalue weighted by Crippen LogP contribution is 2.26.